The second kappa shape index (κ2) is 12.0. The van der Waals surface area contributed by atoms with Crippen LogP contribution >= 0.6 is 0 Å². The molecule has 0 unspecified atom stereocenters. The summed E-state index contributed by atoms with van der Waals surface area (Å²) < 4.78 is 5.29. The van der Waals surface area contributed by atoms with Gasteiger partial charge in [0.15, 0.2) is 0 Å². The fourth-order valence-electron chi connectivity index (χ4n) is 5.58. The number of methoxy groups -OCH3 is 1. The third kappa shape index (κ3) is 5.99. The average Bonchev–Trinajstić information content (AvgIpc) is 3.31. The van der Waals surface area contributed by atoms with E-state index in [2.05, 4.69) is 27.5 Å². The van der Waals surface area contributed by atoms with E-state index in [1.165, 1.54) is 0 Å². The standard InChI is InChI=1S/C32H36N6O4/c1-32(35-31(41)34-21-39,20-38-19-25-10-13-27(42-3)18-28(25)30(38)40)26-11-8-23(9-12-26)22-4-6-24(7-5-22)29(33)37-16-14-36(2)15-17-37/h4-13,18,21,33H,14-17,19-20H2,1-3H3,(H2,34,35,39,41)/t32-/m0/s1. The fraction of sp³-hybridized carbons (Fsp3) is 0.312. The summed E-state index contributed by atoms with van der Waals surface area (Å²) in [5, 5.41) is 13.7. The minimum Gasteiger partial charge on any atom is -0.497 e. The van der Waals surface area contributed by atoms with Gasteiger partial charge < -0.3 is 24.8 Å². The lowest BCUT2D eigenvalue weighted by atomic mass is 9.89. The van der Waals surface area contributed by atoms with Crippen LogP contribution in [0.5, 0.6) is 5.75 Å². The minimum atomic E-state index is -0.991. The van der Waals surface area contributed by atoms with Crippen molar-refractivity contribution in [1.29, 1.82) is 5.41 Å². The van der Waals surface area contributed by atoms with E-state index in [0.29, 0.717) is 30.1 Å². The van der Waals surface area contributed by atoms with Gasteiger partial charge in [-0.1, -0.05) is 54.6 Å². The molecule has 218 valence electrons. The first-order chi connectivity index (χ1) is 20.2. The van der Waals surface area contributed by atoms with Crippen molar-refractivity contribution in [3.8, 4) is 16.9 Å². The van der Waals surface area contributed by atoms with E-state index in [-0.39, 0.29) is 12.5 Å². The lowest BCUT2D eigenvalue weighted by Crippen LogP contribution is -2.54. The molecule has 3 aromatic rings. The highest BCUT2D eigenvalue weighted by atomic mass is 16.5. The molecule has 10 heteroatoms. The number of rotatable bonds is 8. The van der Waals surface area contributed by atoms with E-state index < -0.39 is 11.6 Å². The molecule has 2 heterocycles. The topological polar surface area (TPSA) is 118 Å². The highest BCUT2D eigenvalue weighted by molar-refractivity contribution is 5.99. The van der Waals surface area contributed by atoms with Crippen LogP contribution in [-0.2, 0) is 16.9 Å². The molecule has 10 nitrogen and oxygen atoms in total. The fourth-order valence-corrected chi connectivity index (χ4v) is 5.58. The number of carbonyl (C=O) groups excluding carboxylic acids is 3. The van der Waals surface area contributed by atoms with Crippen LogP contribution in [0.2, 0.25) is 0 Å². The summed E-state index contributed by atoms with van der Waals surface area (Å²) in [7, 11) is 3.66. The molecule has 42 heavy (non-hydrogen) atoms. The smallest absolute Gasteiger partial charge is 0.321 e. The molecule has 0 radical (unpaired) electrons. The molecule has 2 aliphatic rings. The van der Waals surface area contributed by atoms with Crippen LogP contribution in [0.1, 0.15) is 34.0 Å². The zero-order chi connectivity index (χ0) is 29.9. The van der Waals surface area contributed by atoms with E-state index in [1.807, 2.05) is 67.6 Å². The number of likely N-dealkylation sites (N-methyl/N-ethyl adjacent to an activating group) is 1. The van der Waals surface area contributed by atoms with Gasteiger partial charge in [-0.15, -0.1) is 0 Å². The van der Waals surface area contributed by atoms with Crippen LogP contribution in [-0.4, -0.2) is 85.8 Å². The number of hydrogen-bond acceptors (Lipinski definition) is 6. The van der Waals surface area contributed by atoms with E-state index >= 15 is 0 Å². The third-order valence-electron chi connectivity index (χ3n) is 8.12. The number of nitrogens with one attached hydrogen (secondary N) is 3. The van der Waals surface area contributed by atoms with Crippen LogP contribution in [0.25, 0.3) is 11.1 Å². The SMILES string of the molecule is COc1ccc2c(c1)C(=O)N(C[C@](C)(NC(=O)NC=O)c1ccc(-c3ccc(C(=N)N4CCN(C)CC4)cc3)cc1)C2. The first kappa shape index (κ1) is 28.8. The van der Waals surface area contributed by atoms with Crippen molar-refractivity contribution in [1.82, 2.24) is 25.3 Å². The van der Waals surface area contributed by atoms with E-state index in [4.69, 9.17) is 10.1 Å². The van der Waals surface area contributed by atoms with E-state index in [9.17, 15) is 14.4 Å². The molecule has 1 atom stereocenters. The summed E-state index contributed by atoms with van der Waals surface area (Å²) in [4.78, 5) is 42.8. The van der Waals surface area contributed by atoms with Crippen molar-refractivity contribution < 1.29 is 19.1 Å². The van der Waals surface area contributed by atoms with Crippen molar-refractivity contribution in [2.45, 2.75) is 19.0 Å². The van der Waals surface area contributed by atoms with E-state index in [1.54, 1.807) is 18.1 Å². The number of amidine groups is 1. The molecular weight excluding hydrogens is 532 g/mol. The lowest BCUT2D eigenvalue weighted by molar-refractivity contribution is -0.108. The molecule has 1 saturated heterocycles. The monoisotopic (exact) mass is 568 g/mol. The Morgan fingerprint density at radius 1 is 1.00 bits per heavy atom. The number of piperazine rings is 1. The zero-order valence-electron chi connectivity index (χ0n) is 24.1. The normalized spacial score (nSPS) is 16.4. The summed E-state index contributed by atoms with van der Waals surface area (Å²) in [5.41, 5.74) is 4.12. The predicted octanol–water partition coefficient (Wildman–Crippen LogP) is 3.26. The summed E-state index contributed by atoms with van der Waals surface area (Å²) in [6, 6.07) is 20.5. The minimum absolute atomic E-state index is 0.147. The number of ether oxygens (including phenoxy) is 1. The van der Waals surface area contributed by atoms with Crippen molar-refractivity contribution in [3.63, 3.8) is 0 Å². The molecule has 0 aromatic heterocycles. The number of urea groups is 1. The Bertz CT molecular complexity index is 1480. The van der Waals surface area contributed by atoms with Gasteiger partial charge in [-0.25, -0.2) is 4.79 Å². The molecule has 0 aliphatic carbocycles. The van der Waals surface area contributed by atoms with Crippen LogP contribution < -0.4 is 15.4 Å². The first-order valence-electron chi connectivity index (χ1n) is 13.9. The molecule has 5 rings (SSSR count). The number of nitrogens with zero attached hydrogens (tertiary/aromatic N) is 3. The van der Waals surface area contributed by atoms with Crippen molar-refractivity contribution in [3.05, 3.63) is 89.0 Å². The summed E-state index contributed by atoms with van der Waals surface area (Å²) in [5.74, 6) is 0.999. The molecule has 2 aliphatic heterocycles. The Balaban J connectivity index is 1.34. The van der Waals surface area contributed by atoms with Gasteiger partial charge >= 0.3 is 6.03 Å². The van der Waals surface area contributed by atoms with Gasteiger partial charge in [0.25, 0.3) is 5.91 Å². The van der Waals surface area contributed by atoms with E-state index in [0.717, 1.165) is 54.0 Å². The largest absolute Gasteiger partial charge is 0.497 e. The van der Waals surface area contributed by atoms with Gasteiger partial charge in [0.2, 0.25) is 6.41 Å². The Morgan fingerprint density at radius 2 is 1.64 bits per heavy atom. The van der Waals surface area contributed by atoms with Gasteiger partial charge in [0.05, 0.1) is 12.6 Å². The number of benzene rings is 3. The Hall–Kier alpha value is -4.70. The highest BCUT2D eigenvalue weighted by Gasteiger charge is 2.37. The highest BCUT2D eigenvalue weighted by Crippen LogP contribution is 2.32. The Kier molecular flexibility index (Phi) is 8.26. The summed E-state index contributed by atoms with van der Waals surface area (Å²) in [6.45, 7) is 6.02. The molecule has 0 spiro atoms. The summed E-state index contributed by atoms with van der Waals surface area (Å²) in [6.07, 6.45) is 0.328. The van der Waals surface area contributed by atoms with Gasteiger partial charge in [0.1, 0.15) is 11.6 Å². The van der Waals surface area contributed by atoms with Gasteiger partial charge in [-0.3, -0.25) is 20.3 Å². The van der Waals surface area contributed by atoms with Crippen LogP contribution in [0.3, 0.4) is 0 Å². The van der Waals surface area contributed by atoms with Gasteiger partial charge in [0, 0.05) is 50.4 Å². The molecule has 3 aromatic carbocycles. The number of fused-ring (bicyclic) bond motifs is 1. The maximum atomic E-state index is 13.3. The number of carbonyl (C=O) groups is 3. The molecule has 1 fully saturated rings. The molecular formula is C32H36N6O4. The van der Waals surface area contributed by atoms with Crippen LogP contribution in [0.4, 0.5) is 4.79 Å². The van der Waals surface area contributed by atoms with Gasteiger partial charge in [-0.05, 0) is 48.4 Å². The average molecular weight is 569 g/mol. The van der Waals surface area contributed by atoms with Gasteiger partial charge in [-0.2, -0.15) is 0 Å². The second-order valence-corrected chi connectivity index (χ2v) is 11.0. The van der Waals surface area contributed by atoms with Crippen molar-refractivity contribution in [2.24, 2.45) is 0 Å². The quantitative estimate of drug-likeness (QED) is 0.218. The predicted molar refractivity (Wildman–Crippen MR) is 161 cm³/mol. The third-order valence-corrected chi connectivity index (χ3v) is 8.12. The zero-order valence-corrected chi connectivity index (χ0v) is 24.1. The molecule has 3 N–H and O–H groups in total. The number of amides is 4. The van der Waals surface area contributed by atoms with Crippen LogP contribution in [0.15, 0.2) is 66.7 Å². The number of hydrogen-bond donors (Lipinski definition) is 3. The Labute approximate surface area is 245 Å². The lowest BCUT2D eigenvalue weighted by Gasteiger charge is -2.35. The maximum absolute atomic E-state index is 13.3. The molecule has 4 amide bonds. The molecule has 0 bridgehead atoms. The number of imide groups is 1. The van der Waals surface area contributed by atoms with Crippen molar-refractivity contribution >= 4 is 24.2 Å². The molecule has 0 saturated carbocycles. The van der Waals surface area contributed by atoms with Crippen LogP contribution in [0, 0.1) is 5.41 Å². The summed E-state index contributed by atoms with van der Waals surface area (Å²) >= 11 is 0. The van der Waals surface area contributed by atoms with Crippen molar-refractivity contribution in [2.75, 3.05) is 46.9 Å². The second-order valence-electron chi connectivity index (χ2n) is 11.0. The Morgan fingerprint density at radius 3 is 2.26 bits per heavy atom. The first-order valence-corrected chi connectivity index (χ1v) is 13.9. The maximum Gasteiger partial charge on any atom is 0.321 e.